The molecule has 2 atom stereocenters. The predicted molar refractivity (Wildman–Crippen MR) is 109 cm³/mol. The van der Waals surface area contributed by atoms with E-state index in [1.165, 1.54) is 6.20 Å². The molecule has 10 heteroatoms. The van der Waals surface area contributed by atoms with E-state index in [-0.39, 0.29) is 23.1 Å². The first kappa shape index (κ1) is 18.9. The van der Waals surface area contributed by atoms with Crippen LogP contribution in [-0.4, -0.2) is 51.3 Å². The Hall–Kier alpha value is -3.40. The topological polar surface area (TPSA) is 125 Å². The lowest BCUT2D eigenvalue weighted by Gasteiger charge is -2.45. The van der Waals surface area contributed by atoms with E-state index < -0.39 is 0 Å². The average Bonchev–Trinajstić information content (AvgIpc) is 3.15. The summed E-state index contributed by atoms with van der Waals surface area (Å²) >= 11 is 0. The van der Waals surface area contributed by atoms with Gasteiger partial charge in [0.05, 0.1) is 17.8 Å². The zero-order valence-electron chi connectivity index (χ0n) is 16.4. The van der Waals surface area contributed by atoms with E-state index in [1.807, 2.05) is 6.92 Å². The summed E-state index contributed by atoms with van der Waals surface area (Å²) in [4.78, 5) is 32.0. The number of rotatable bonds is 6. The minimum Gasteiger partial charge on any atom is -0.376 e. The number of carbonyl (C=O) groups excluding carboxylic acids is 1. The van der Waals surface area contributed by atoms with Crippen LogP contribution >= 0.6 is 0 Å². The van der Waals surface area contributed by atoms with Gasteiger partial charge >= 0.3 is 0 Å². The maximum atomic E-state index is 12.9. The molecule has 1 saturated carbocycles. The molecule has 0 bridgehead atoms. The molecule has 0 spiro atoms. The standard InChI is InChI=1S/C19H23N7O3/c1-19(29-3)7-6-13(19)24-17(27)11-10-22-26-15(20-2)9-14(25-16(11)26)23-12-5-4-8-21-18(12)28/h4-5,8-10,13,20H,6-7H2,1-3H3,(H,21,28)(H,23,25)(H,24,27)/t13?,19-/m0/s1. The molecule has 0 saturated heterocycles. The fourth-order valence-corrected chi connectivity index (χ4v) is 3.42. The van der Waals surface area contributed by atoms with Crippen LogP contribution in [0.3, 0.4) is 0 Å². The SMILES string of the molecule is CNc1cc(Nc2ccc[nH]c2=O)nc2c(C(=O)NC3CC[C@]3(C)OC)cnn12. The fraction of sp³-hybridized carbons (Fsp3) is 0.368. The molecule has 152 valence electrons. The molecule has 0 aliphatic heterocycles. The van der Waals surface area contributed by atoms with Gasteiger partial charge in [0.1, 0.15) is 22.9 Å². The second-order valence-corrected chi connectivity index (χ2v) is 7.19. The van der Waals surface area contributed by atoms with E-state index in [0.717, 1.165) is 12.8 Å². The summed E-state index contributed by atoms with van der Waals surface area (Å²) < 4.78 is 7.07. The van der Waals surface area contributed by atoms with Crippen LogP contribution in [0.25, 0.3) is 5.65 Å². The number of nitrogens with one attached hydrogen (secondary N) is 4. The normalized spacial score (nSPS) is 20.9. The van der Waals surface area contributed by atoms with Crippen molar-refractivity contribution in [2.24, 2.45) is 0 Å². The zero-order valence-corrected chi connectivity index (χ0v) is 16.4. The molecule has 4 rings (SSSR count). The number of H-pyrrole nitrogens is 1. The first-order chi connectivity index (χ1) is 13.9. The number of methoxy groups -OCH3 is 1. The summed E-state index contributed by atoms with van der Waals surface area (Å²) in [5.74, 6) is 0.769. The Bertz CT molecular complexity index is 1120. The smallest absolute Gasteiger partial charge is 0.271 e. The molecule has 1 aliphatic carbocycles. The number of carbonyl (C=O) groups is 1. The molecule has 10 nitrogen and oxygen atoms in total. The van der Waals surface area contributed by atoms with Crippen LogP contribution in [0.5, 0.6) is 0 Å². The Morgan fingerprint density at radius 2 is 2.28 bits per heavy atom. The Kier molecular flexibility index (Phi) is 4.71. The molecule has 0 aromatic carbocycles. The number of nitrogens with zero attached hydrogens (tertiary/aromatic N) is 3. The number of aromatic amines is 1. The van der Waals surface area contributed by atoms with Gasteiger partial charge in [-0.15, -0.1) is 0 Å². The molecular formula is C19H23N7O3. The lowest BCUT2D eigenvalue weighted by atomic mass is 9.76. The van der Waals surface area contributed by atoms with Gasteiger partial charge < -0.3 is 25.7 Å². The summed E-state index contributed by atoms with van der Waals surface area (Å²) in [5.41, 5.74) is 0.446. The molecule has 3 aromatic heterocycles. The number of anilines is 3. The minimum atomic E-state index is -0.358. The highest BCUT2D eigenvalue weighted by Crippen LogP contribution is 2.35. The van der Waals surface area contributed by atoms with Gasteiger partial charge in [0.15, 0.2) is 5.65 Å². The van der Waals surface area contributed by atoms with Crippen molar-refractivity contribution in [2.45, 2.75) is 31.4 Å². The first-order valence-electron chi connectivity index (χ1n) is 9.32. The molecule has 1 amide bonds. The van der Waals surface area contributed by atoms with Crippen LogP contribution in [0.15, 0.2) is 35.4 Å². The number of aromatic nitrogens is 4. The Morgan fingerprint density at radius 3 is 2.93 bits per heavy atom. The van der Waals surface area contributed by atoms with Gasteiger partial charge in [-0.3, -0.25) is 9.59 Å². The van der Waals surface area contributed by atoms with Crippen LogP contribution in [0.2, 0.25) is 0 Å². The third-order valence-electron chi connectivity index (χ3n) is 5.49. The Balaban J connectivity index is 1.68. The van der Waals surface area contributed by atoms with Crippen molar-refractivity contribution < 1.29 is 9.53 Å². The van der Waals surface area contributed by atoms with Crippen molar-refractivity contribution in [1.29, 1.82) is 0 Å². The zero-order chi connectivity index (χ0) is 20.6. The number of hydrogen-bond acceptors (Lipinski definition) is 7. The van der Waals surface area contributed by atoms with Crippen LogP contribution in [-0.2, 0) is 4.74 Å². The van der Waals surface area contributed by atoms with Crippen molar-refractivity contribution in [3.63, 3.8) is 0 Å². The van der Waals surface area contributed by atoms with Crippen molar-refractivity contribution >= 4 is 28.9 Å². The lowest BCUT2D eigenvalue weighted by Crippen LogP contribution is -2.59. The number of hydrogen-bond donors (Lipinski definition) is 4. The number of amides is 1. The predicted octanol–water partition coefficient (Wildman–Crippen LogP) is 1.50. The van der Waals surface area contributed by atoms with Crippen molar-refractivity contribution in [3.8, 4) is 0 Å². The number of ether oxygens (including phenoxy) is 1. The van der Waals surface area contributed by atoms with Gasteiger partial charge in [-0.05, 0) is 31.9 Å². The van der Waals surface area contributed by atoms with E-state index in [2.05, 4.69) is 31.0 Å². The van der Waals surface area contributed by atoms with Crippen LogP contribution < -0.4 is 21.5 Å². The molecule has 1 aliphatic rings. The molecular weight excluding hydrogens is 374 g/mol. The van der Waals surface area contributed by atoms with E-state index in [0.29, 0.717) is 28.5 Å². The second-order valence-electron chi connectivity index (χ2n) is 7.19. The average molecular weight is 397 g/mol. The fourth-order valence-electron chi connectivity index (χ4n) is 3.42. The molecule has 1 fully saturated rings. The summed E-state index contributed by atoms with van der Waals surface area (Å²) in [6.45, 7) is 1.98. The summed E-state index contributed by atoms with van der Waals surface area (Å²) in [7, 11) is 3.39. The Labute approximate surface area is 166 Å². The Morgan fingerprint density at radius 1 is 1.45 bits per heavy atom. The maximum Gasteiger partial charge on any atom is 0.271 e. The first-order valence-corrected chi connectivity index (χ1v) is 9.32. The van der Waals surface area contributed by atoms with Crippen LogP contribution in [0, 0.1) is 0 Å². The number of fused-ring (bicyclic) bond motifs is 1. The highest BCUT2D eigenvalue weighted by atomic mass is 16.5. The minimum absolute atomic E-state index is 0.0668. The molecule has 4 N–H and O–H groups in total. The van der Waals surface area contributed by atoms with E-state index in [1.54, 1.807) is 43.1 Å². The van der Waals surface area contributed by atoms with Gasteiger partial charge in [0.2, 0.25) is 0 Å². The van der Waals surface area contributed by atoms with Gasteiger partial charge in [-0.1, -0.05) is 0 Å². The van der Waals surface area contributed by atoms with Gasteiger partial charge in [-0.2, -0.15) is 9.61 Å². The molecule has 0 radical (unpaired) electrons. The third kappa shape index (κ3) is 3.31. The van der Waals surface area contributed by atoms with Crippen molar-refractivity contribution in [1.82, 2.24) is 24.9 Å². The molecule has 3 aromatic rings. The summed E-state index contributed by atoms with van der Waals surface area (Å²) in [6, 6.07) is 5.01. The van der Waals surface area contributed by atoms with Gasteiger partial charge in [-0.25, -0.2) is 4.98 Å². The quantitative estimate of drug-likeness (QED) is 0.497. The largest absolute Gasteiger partial charge is 0.376 e. The van der Waals surface area contributed by atoms with Crippen LogP contribution in [0.4, 0.5) is 17.3 Å². The third-order valence-corrected chi connectivity index (χ3v) is 5.49. The van der Waals surface area contributed by atoms with E-state index in [4.69, 9.17) is 4.74 Å². The number of pyridine rings is 1. The highest BCUT2D eigenvalue weighted by Gasteiger charge is 2.44. The van der Waals surface area contributed by atoms with Gasteiger partial charge in [0, 0.05) is 26.4 Å². The maximum absolute atomic E-state index is 12.9. The van der Waals surface area contributed by atoms with Gasteiger partial charge in [0.25, 0.3) is 11.5 Å². The monoisotopic (exact) mass is 397 g/mol. The molecule has 3 heterocycles. The van der Waals surface area contributed by atoms with E-state index >= 15 is 0 Å². The lowest BCUT2D eigenvalue weighted by molar-refractivity contribution is -0.0828. The van der Waals surface area contributed by atoms with E-state index in [9.17, 15) is 9.59 Å². The van der Waals surface area contributed by atoms with Crippen molar-refractivity contribution in [2.75, 3.05) is 24.8 Å². The van der Waals surface area contributed by atoms with Crippen LogP contribution in [0.1, 0.15) is 30.1 Å². The van der Waals surface area contributed by atoms with Crippen molar-refractivity contribution in [3.05, 3.63) is 46.5 Å². The summed E-state index contributed by atoms with van der Waals surface area (Å²) in [6.07, 6.45) is 4.79. The molecule has 29 heavy (non-hydrogen) atoms. The molecule has 1 unspecified atom stereocenters. The highest BCUT2D eigenvalue weighted by molar-refractivity contribution is 6.00. The summed E-state index contributed by atoms with van der Waals surface area (Å²) in [5, 5.41) is 13.3. The second kappa shape index (κ2) is 7.21.